The molecule has 1 fully saturated rings. The van der Waals surface area contributed by atoms with Gasteiger partial charge in [0.25, 0.3) is 0 Å². The summed E-state index contributed by atoms with van der Waals surface area (Å²) in [6.07, 6.45) is 2.02. The molecule has 0 radical (unpaired) electrons. The molecular weight excluding hydrogens is 513 g/mol. The van der Waals surface area contributed by atoms with Crippen molar-refractivity contribution in [1.82, 2.24) is 15.2 Å². The average molecular weight is 542 g/mol. The zero-order chi connectivity index (χ0) is 27.4. The third kappa shape index (κ3) is 5.88. The van der Waals surface area contributed by atoms with Gasteiger partial charge in [-0.2, -0.15) is 0 Å². The topological polar surface area (TPSA) is 109 Å². The lowest BCUT2D eigenvalue weighted by Crippen LogP contribution is -2.44. The molecule has 200 valence electrons. The number of anilines is 2. The number of nitrogens with zero attached hydrogens (tertiary/aromatic N) is 4. The van der Waals surface area contributed by atoms with Crippen molar-refractivity contribution in [3.8, 4) is 28.0 Å². The predicted molar refractivity (Wildman–Crippen MR) is 146 cm³/mol. The Hall–Kier alpha value is -3.73. The van der Waals surface area contributed by atoms with Crippen LogP contribution in [0.15, 0.2) is 42.6 Å². The van der Waals surface area contributed by atoms with Crippen molar-refractivity contribution in [3.63, 3.8) is 0 Å². The number of hydrogen-bond donors (Lipinski definition) is 3. The normalized spacial score (nSPS) is 13.6. The molecule has 0 unspecified atom stereocenters. The minimum Gasteiger partial charge on any atom is -0.507 e. The fourth-order valence-electron chi connectivity index (χ4n) is 4.40. The molecule has 0 spiro atoms. The van der Waals surface area contributed by atoms with Gasteiger partial charge in [-0.3, -0.25) is 4.79 Å². The van der Waals surface area contributed by atoms with E-state index < -0.39 is 11.8 Å². The summed E-state index contributed by atoms with van der Waals surface area (Å²) >= 11 is 6.51. The fourth-order valence-corrected chi connectivity index (χ4v) is 4.69. The Morgan fingerprint density at radius 1 is 1.13 bits per heavy atom. The molecule has 3 N–H and O–H groups in total. The number of aromatic hydroxyl groups is 1. The van der Waals surface area contributed by atoms with Crippen molar-refractivity contribution in [2.75, 3.05) is 63.2 Å². The zero-order valence-corrected chi connectivity index (χ0v) is 21.9. The number of nitrogens with one attached hydrogen (secondary N) is 1. The summed E-state index contributed by atoms with van der Waals surface area (Å²) in [6.45, 7) is 3.61. The van der Waals surface area contributed by atoms with Gasteiger partial charge in [0, 0.05) is 62.2 Å². The van der Waals surface area contributed by atoms with Crippen LogP contribution >= 0.6 is 11.6 Å². The molecule has 1 aliphatic rings. The third-order valence-corrected chi connectivity index (χ3v) is 6.70. The lowest BCUT2D eigenvalue weighted by atomic mass is 9.97. The molecule has 1 aliphatic heterocycles. The van der Waals surface area contributed by atoms with Crippen LogP contribution in [0.25, 0.3) is 22.3 Å². The number of rotatable bonds is 9. The lowest BCUT2D eigenvalue weighted by Gasteiger charge is -2.30. The molecule has 0 saturated carbocycles. The Balaban J connectivity index is 1.74. The summed E-state index contributed by atoms with van der Waals surface area (Å²) < 4.78 is 14.8. The Morgan fingerprint density at radius 3 is 2.42 bits per heavy atom. The second kappa shape index (κ2) is 11.8. The van der Waals surface area contributed by atoms with Crippen molar-refractivity contribution in [2.24, 2.45) is 0 Å². The van der Waals surface area contributed by atoms with E-state index in [9.17, 15) is 24.2 Å². The van der Waals surface area contributed by atoms with Crippen molar-refractivity contribution in [1.29, 1.82) is 0 Å². The highest BCUT2D eigenvalue weighted by Crippen LogP contribution is 2.41. The second-order valence-corrected chi connectivity index (χ2v) is 9.66. The Kier molecular flexibility index (Phi) is 8.45. The van der Waals surface area contributed by atoms with Gasteiger partial charge in [-0.25, -0.2) is 14.2 Å². The number of likely N-dealkylation sites (N-methyl/N-ethyl adjacent to an activating group) is 1. The highest BCUT2D eigenvalue weighted by atomic mass is 35.5. The first-order valence-corrected chi connectivity index (χ1v) is 12.5. The van der Waals surface area contributed by atoms with Gasteiger partial charge in [0.2, 0.25) is 6.41 Å². The van der Waals surface area contributed by atoms with Crippen LogP contribution < -0.4 is 15.1 Å². The number of aromatic carboxylic acids is 1. The first-order chi connectivity index (χ1) is 18.2. The van der Waals surface area contributed by atoms with Crippen LogP contribution in [-0.4, -0.2) is 85.8 Å². The maximum absolute atomic E-state index is 14.8. The summed E-state index contributed by atoms with van der Waals surface area (Å²) in [7, 11) is 3.80. The van der Waals surface area contributed by atoms with Crippen LogP contribution in [0, 0.1) is 5.82 Å². The van der Waals surface area contributed by atoms with E-state index in [-0.39, 0.29) is 27.6 Å². The van der Waals surface area contributed by atoms with E-state index in [0.717, 1.165) is 0 Å². The Labute approximate surface area is 225 Å². The molecular formula is C27H29ClFN5O4. The summed E-state index contributed by atoms with van der Waals surface area (Å²) in [5.41, 5.74) is 1.99. The molecule has 11 heteroatoms. The summed E-state index contributed by atoms with van der Waals surface area (Å²) in [4.78, 5) is 32.9. The number of aromatic nitrogens is 1. The Morgan fingerprint density at radius 2 is 1.82 bits per heavy atom. The molecule has 1 amide bonds. The standard InChI is InChI=1S/C27H29ClFN5O4/c1-32(2)9-10-34(16-35)23-4-3-17(11-22(23)28)20-13-19(29)14-21(26(20)36)18-12-24(25(27(37)38)31-15-18)33-7-5-30-6-8-33/h3-4,11-16,30,36H,5-10H2,1-2H3,(H,37,38). The minimum absolute atomic E-state index is 0.108. The molecule has 0 bridgehead atoms. The van der Waals surface area contributed by atoms with Gasteiger partial charge in [-0.1, -0.05) is 17.7 Å². The minimum atomic E-state index is -1.17. The zero-order valence-electron chi connectivity index (χ0n) is 21.1. The van der Waals surface area contributed by atoms with Crippen LogP contribution in [0.2, 0.25) is 5.02 Å². The van der Waals surface area contributed by atoms with Gasteiger partial charge in [-0.05, 0) is 50.0 Å². The molecule has 1 saturated heterocycles. The predicted octanol–water partition coefficient (Wildman–Crippen LogP) is 3.55. The molecule has 2 aromatic carbocycles. The van der Waals surface area contributed by atoms with Crippen molar-refractivity contribution >= 4 is 35.4 Å². The number of carbonyl (C=O) groups is 2. The summed E-state index contributed by atoms with van der Waals surface area (Å²) in [6, 6.07) is 8.87. The first-order valence-electron chi connectivity index (χ1n) is 12.1. The van der Waals surface area contributed by atoms with Gasteiger partial charge in [0.05, 0.1) is 16.4 Å². The number of benzene rings is 2. The van der Waals surface area contributed by atoms with E-state index in [0.29, 0.717) is 68.2 Å². The van der Waals surface area contributed by atoms with E-state index in [1.54, 1.807) is 24.3 Å². The Bertz CT molecular complexity index is 1350. The number of hydrogen-bond acceptors (Lipinski definition) is 7. The number of carboxylic acids is 1. The number of carboxylic acid groups (broad SMARTS) is 1. The number of carbonyl (C=O) groups excluding carboxylic acids is 1. The average Bonchev–Trinajstić information content (AvgIpc) is 2.90. The van der Waals surface area contributed by atoms with Crippen LogP contribution in [0.1, 0.15) is 10.5 Å². The monoisotopic (exact) mass is 541 g/mol. The van der Waals surface area contributed by atoms with Gasteiger partial charge < -0.3 is 30.2 Å². The molecule has 3 aromatic rings. The number of halogens is 2. The maximum atomic E-state index is 14.8. The van der Waals surface area contributed by atoms with Gasteiger partial charge in [-0.15, -0.1) is 0 Å². The van der Waals surface area contributed by atoms with Crippen molar-refractivity contribution < 1.29 is 24.2 Å². The van der Waals surface area contributed by atoms with Crippen LogP contribution in [0.3, 0.4) is 0 Å². The van der Waals surface area contributed by atoms with Crippen LogP contribution in [-0.2, 0) is 4.79 Å². The number of pyridine rings is 1. The number of phenolic OH excluding ortho intramolecular Hbond substituents is 1. The van der Waals surface area contributed by atoms with Crippen LogP contribution in [0.5, 0.6) is 5.75 Å². The van der Waals surface area contributed by atoms with Crippen LogP contribution in [0.4, 0.5) is 15.8 Å². The van der Waals surface area contributed by atoms with Crippen molar-refractivity contribution in [3.05, 3.63) is 59.1 Å². The van der Waals surface area contributed by atoms with E-state index in [1.165, 1.54) is 23.2 Å². The first kappa shape index (κ1) is 27.3. The van der Waals surface area contributed by atoms with Gasteiger partial charge in [0.1, 0.15) is 11.6 Å². The number of phenols is 1. The largest absolute Gasteiger partial charge is 0.507 e. The highest BCUT2D eigenvalue weighted by molar-refractivity contribution is 6.34. The summed E-state index contributed by atoms with van der Waals surface area (Å²) in [5, 5.41) is 24.4. The lowest BCUT2D eigenvalue weighted by molar-refractivity contribution is -0.107. The van der Waals surface area contributed by atoms with Gasteiger partial charge >= 0.3 is 5.97 Å². The second-order valence-electron chi connectivity index (χ2n) is 9.25. The molecule has 9 nitrogen and oxygen atoms in total. The molecule has 38 heavy (non-hydrogen) atoms. The molecule has 1 aromatic heterocycles. The van der Waals surface area contributed by atoms with Gasteiger partial charge in [0.15, 0.2) is 5.69 Å². The fraction of sp³-hybridized carbons (Fsp3) is 0.296. The number of amides is 1. The SMILES string of the molecule is CN(C)CCN(C=O)c1ccc(-c2cc(F)cc(-c3cnc(C(=O)O)c(N4CCNCC4)c3)c2O)cc1Cl. The number of piperazine rings is 1. The molecule has 0 atom stereocenters. The molecule has 0 aliphatic carbocycles. The molecule has 4 rings (SSSR count). The summed E-state index contributed by atoms with van der Waals surface area (Å²) in [5.74, 6) is -1.97. The quantitative estimate of drug-likeness (QED) is 0.353. The highest BCUT2D eigenvalue weighted by Gasteiger charge is 2.22. The van der Waals surface area contributed by atoms with E-state index in [1.807, 2.05) is 23.9 Å². The van der Waals surface area contributed by atoms with E-state index in [4.69, 9.17) is 11.6 Å². The van der Waals surface area contributed by atoms with E-state index in [2.05, 4.69) is 10.3 Å². The maximum Gasteiger partial charge on any atom is 0.356 e. The van der Waals surface area contributed by atoms with E-state index >= 15 is 0 Å². The third-order valence-electron chi connectivity index (χ3n) is 6.40. The smallest absolute Gasteiger partial charge is 0.356 e. The molecule has 2 heterocycles. The van der Waals surface area contributed by atoms with Crippen molar-refractivity contribution in [2.45, 2.75) is 0 Å².